The van der Waals surface area contributed by atoms with E-state index in [2.05, 4.69) is 9.97 Å². The molecule has 1 unspecified atom stereocenters. The lowest BCUT2D eigenvalue weighted by molar-refractivity contribution is 0.110. The standard InChI is InChI=1S/C11H17N3O/c1-8-5-9(7-12)14-11(13-8)6-10-3-2-4-15-10/h5,10H,2-4,6-7,12H2,1H3. The van der Waals surface area contributed by atoms with Gasteiger partial charge in [-0.05, 0) is 25.8 Å². The molecule has 1 aromatic heterocycles. The van der Waals surface area contributed by atoms with E-state index in [1.807, 2.05) is 13.0 Å². The van der Waals surface area contributed by atoms with Crippen LogP contribution in [-0.4, -0.2) is 22.7 Å². The number of hydrogen-bond acceptors (Lipinski definition) is 4. The zero-order chi connectivity index (χ0) is 10.7. The third-order valence-electron chi connectivity index (χ3n) is 2.60. The maximum absolute atomic E-state index is 5.57. The molecule has 0 bridgehead atoms. The van der Waals surface area contributed by atoms with Gasteiger partial charge >= 0.3 is 0 Å². The van der Waals surface area contributed by atoms with Crippen molar-refractivity contribution in [3.63, 3.8) is 0 Å². The summed E-state index contributed by atoms with van der Waals surface area (Å²) in [6.07, 6.45) is 3.39. The van der Waals surface area contributed by atoms with Crippen molar-refractivity contribution < 1.29 is 4.74 Å². The number of aryl methyl sites for hydroxylation is 1. The molecule has 15 heavy (non-hydrogen) atoms. The minimum absolute atomic E-state index is 0.303. The Kier molecular flexibility index (Phi) is 3.28. The smallest absolute Gasteiger partial charge is 0.131 e. The molecule has 2 heterocycles. The molecule has 1 atom stereocenters. The van der Waals surface area contributed by atoms with Crippen molar-refractivity contribution in [1.29, 1.82) is 0 Å². The van der Waals surface area contributed by atoms with Crippen molar-refractivity contribution in [3.8, 4) is 0 Å². The highest BCUT2D eigenvalue weighted by Crippen LogP contribution is 2.15. The average molecular weight is 207 g/mol. The van der Waals surface area contributed by atoms with E-state index in [0.717, 1.165) is 43.1 Å². The lowest BCUT2D eigenvalue weighted by Crippen LogP contribution is -2.14. The summed E-state index contributed by atoms with van der Waals surface area (Å²) in [5, 5.41) is 0. The van der Waals surface area contributed by atoms with Gasteiger partial charge in [-0.15, -0.1) is 0 Å². The lowest BCUT2D eigenvalue weighted by Gasteiger charge is -2.09. The van der Waals surface area contributed by atoms with Crippen molar-refractivity contribution in [2.24, 2.45) is 5.73 Å². The number of ether oxygens (including phenoxy) is 1. The predicted octanol–water partition coefficient (Wildman–Crippen LogP) is 0.965. The Hall–Kier alpha value is -1.00. The molecule has 0 aliphatic carbocycles. The van der Waals surface area contributed by atoms with Crippen LogP contribution in [0.2, 0.25) is 0 Å². The first-order chi connectivity index (χ1) is 7.28. The Balaban J connectivity index is 2.09. The fourth-order valence-corrected chi connectivity index (χ4v) is 1.90. The van der Waals surface area contributed by atoms with Crippen LogP contribution in [0, 0.1) is 6.92 Å². The summed E-state index contributed by atoms with van der Waals surface area (Å²) in [6, 6.07) is 1.93. The van der Waals surface area contributed by atoms with Gasteiger partial charge in [-0.25, -0.2) is 9.97 Å². The van der Waals surface area contributed by atoms with Crippen LogP contribution in [0.15, 0.2) is 6.07 Å². The molecule has 1 aliphatic rings. The number of hydrogen-bond donors (Lipinski definition) is 1. The lowest BCUT2D eigenvalue weighted by atomic mass is 10.1. The first kappa shape index (κ1) is 10.5. The van der Waals surface area contributed by atoms with Crippen molar-refractivity contribution >= 4 is 0 Å². The summed E-state index contributed by atoms with van der Waals surface area (Å²) < 4.78 is 5.56. The highest BCUT2D eigenvalue weighted by molar-refractivity contribution is 5.10. The topological polar surface area (TPSA) is 61.0 Å². The van der Waals surface area contributed by atoms with Crippen LogP contribution >= 0.6 is 0 Å². The van der Waals surface area contributed by atoms with Crippen molar-refractivity contribution in [3.05, 3.63) is 23.3 Å². The molecule has 0 amide bonds. The van der Waals surface area contributed by atoms with Crippen LogP contribution in [0.5, 0.6) is 0 Å². The summed E-state index contributed by atoms with van der Waals surface area (Å²) in [5.74, 6) is 0.863. The van der Waals surface area contributed by atoms with Gasteiger partial charge in [0, 0.05) is 25.3 Å². The second-order valence-corrected chi connectivity index (χ2v) is 3.96. The Morgan fingerprint density at radius 2 is 2.40 bits per heavy atom. The van der Waals surface area contributed by atoms with Crippen LogP contribution < -0.4 is 5.73 Å². The van der Waals surface area contributed by atoms with E-state index >= 15 is 0 Å². The molecule has 2 N–H and O–H groups in total. The number of nitrogens with zero attached hydrogens (tertiary/aromatic N) is 2. The maximum Gasteiger partial charge on any atom is 0.131 e. The fraction of sp³-hybridized carbons (Fsp3) is 0.636. The average Bonchev–Trinajstić information content (AvgIpc) is 2.69. The first-order valence-electron chi connectivity index (χ1n) is 5.43. The molecule has 0 radical (unpaired) electrons. The highest BCUT2D eigenvalue weighted by Gasteiger charge is 2.17. The molecule has 82 valence electrons. The number of nitrogens with two attached hydrogens (primary N) is 1. The third kappa shape index (κ3) is 2.73. The monoisotopic (exact) mass is 207 g/mol. The molecular weight excluding hydrogens is 190 g/mol. The molecule has 2 rings (SSSR count). The van der Waals surface area contributed by atoms with Gasteiger partial charge in [0.1, 0.15) is 5.82 Å². The second kappa shape index (κ2) is 4.68. The van der Waals surface area contributed by atoms with Crippen molar-refractivity contribution in [1.82, 2.24) is 9.97 Å². The molecule has 4 heteroatoms. The minimum Gasteiger partial charge on any atom is -0.378 e. The molecule has 4 nitrogen and oxygen atoms in total. The van der Waals surface area contributed by atoms with Gasteiger partial charge in [-0.2, -0.15) is 0 Å². The van der Waals surface area contributed by atoms with E-state index in [0.29, 0.717) is 12.6 Å². The van der Waals surface area contributed by atoms with Crippen molar-refractivity contribution in [2.75, 3.05) is 6.61 Å². The first-order valence-corrected chi connectivity index (χ1v) is 5.43. The predicted molar refractivity (Wildman–Crippen MR) is 57.3 cm³/mol. The van der Waals surface area contributed by atoms with Crippen LogP contribution in [0.1, 0.15) is 30.1 Å². The summed E-state index contributed by atoms with van der Waals surface area (Å²) in [6.45, 7) is 3.32. The summed E-state index contributed by atoms with van der Waals surface area (Å²) in [4.78, 5) is 8.80. The van der Waals surface area contributed by atoms with Gasteiger partial charge < -0.3 is 10.5 Å². The molecule has 1 aliphatic heterocycles. The molecule has 1 saturated heterocycles. The van der Waals surface area contributed by atoms with E-state index in [1.54, 1.807) is 0 Å². The fourth-order valence-electron chi connectivity index (χ4n) is 1.90. The summed E-state index contributed by atoms with van der Waals surface area (Å²) >= 11 is 0. The minimum atomic E-state index is 0.303. The van der Waals surface area contributed by atoms with Crippen LogP contribution in [0.25, 0.3) is 0 Å². The Labute approximate surface area is 89.9 Å². The highest BCUT2D eigenvalue weighted by atomic mass is 16.5. The van der Waals surface area contributed by atoms with Gasteiger partial charge in [0.15, 0.2) is 0 Å². The van der Waals surface area contributed by atoms with Crippen LogP contribution in [-0.2, 0) is 17.7 Å². The third-order valence-corrected chi connectivity index (χ3v) is 2.60. The SMILES string of the molecule is Cc1cc(CN)nc(CC2CCCO2)n1. The van der Waals surface area contributed by atoms with E-state index in [1.165, 1.54) is 0 Å². The molecule has 1 fully saturated rings. The van der Waals surface area contributed by atoms with Gasteiger partial charge in [-0.3, -0.25) is 0 Å². The van der Waals surface area contributed by atoms with E-state index in [9.17, 15) is 0 Å². The van der Waals surface area contributed by atoms with Crippen molar-refractivity contribution in [2.45, 2.75) is 38.8 Å². The zero-order valence-electron chi connectivity index (χ0n) is 9.07. The van der Waals surface area contributed by atoms with E-state index < -0.39 is 0 Å². The van der Waals surface area contributed by atoms with Gasteiger partial charge in [0.25, 0.3) is 0 Å². The normalized spacial score (nSPS) is 20.8. The Morgan fingerprint density at radius 1 is 1.53 bits per heavy atom. The van der Waals surface area contributed by atoms with E-state index in [-0.39, 0.29) is 0 Å². The zero-order valence-corrected chi connectivity index (χ0v) is 9.07. The Morgan fingerprint density at radius 3 is 3.07 bits per heavy atom. The van der Waals surface area contributed by atoms with E-state index in [4.69, 9.17) is 10.5 Å². The summed E-state index contributed by atoms with van der Waals surface area (Å²) in [7, 11) is 0. The van der Waals surface area contributed by atoms with Gasteiger partial charge in [0.2, 0.25) is 0 Å². The molecule has 0 saturated carbocycles. The summed E-state index contributed by atoms with van der Waals surface area (Å²) in [5.41, 5.74) is 7.47. The quantitative estimate of drug-likeness (QED) is 0.802. The number of aromatic nitrogens is 2. The second-order valence-electron chi connectivity index (χ2n) is 3.96. The molecule has 1 aromatic rings. The van der Waals surface area contributed by atoms with Gasteiger partial charge in [0.05, 0.1) is 11.8 Å². The number of rotatable bonds is 3. The Bertz CT molecular complexity index is 335. The molecule has 0 spiro atoms. The molecule has 0 aromatic carbocycles. The molecular formula is C11H17N3O. The van der Waals surface area contributed by atoms with Gasteiger partial charge in [-0.1, -0.05) is 0 Å². The van der Waals surface area contributed by atoms with Crippen LogP contribution in [0.4, 0.5) is 0 Å². The largest absolute Gasteiger partial charge is 0.378 e. The maximum atomic E-state index is 5.57. The van der Waals surface area contributed by atoms with Crippen LogP contribution in [0.3, 0.4) is 0 Å².